The molecule has 0 radical (unpaired) electrons. The number of alkyl halides is 9. The maximum Gasteiger partial charge on any atom is 4.00 e. The predicted molar refractivity (Wildman–Crippen MR) is 91.2 cm³/mol. The molecule has 0 aliphatic rings. The monoisotopic (exact) mass is 611 g/mol. The molecule has 0 aliphatic heterocycles. The van der Waals surface area contributed by atoms with E-state index in [1.54, 1.807) is 42.3 Å². The van der Waals surface area contributed by atoms with Crippen molar-refractivity contribution < 1.29 is 65.4 Å². The third-order valence-electron chi connectivity index (χ3n) is 2.37. The van der Waals surface area contributed by atoms with Crippen LogP contribution in [0.25, 0.3) is 16.0 Å². The van der Waals surface area contributed by atoms with Gasteiger partial charge >= 0.3 is 51.3 Å². The zero-order chi connectivity index (χ0) is 22.5. The second-order valence-electron chi connectivity index (χ2n) is 4.76. The van der Waals surface area contributed by atoms with Gasteiger partial charge in [0.15, 0.2) is 0 Å². The Kier molecular flexibility index (Phi) is 19.5. The van der Waals surface area contributed by atoms with Gasteiger partial charge in [0.25, 0.3) is 0 Å². The summed E-state index contributed by atoms with van der Waals surface area (Å²) in [6, 6.07) is 1.84. The first-order valence-electron chi connectivity index (χ1n) is 6.96. The number of nitrogens with zero attached hydrogens (tertiary/aromatic N) is 3. The van der Waals surface area contributed by atoms with Gasteiger partial charge in [-0.1, -0.05) is 0 Å². The topological polar surface area (TPSA) is 42.3 Å². The molecule has 0 saturated heterocycles. The molecule has 1 aromatic rings. The van der Waals surface area contributed by atoms with Crippen molar-refractivity contribution in [2.75, 3.05) is 42.3 Å². The van der Waals surface area contributed by atoms with Crippen molar-refractivity contribution in [3.8, 4) is 0 Å². The SMILES string of the molecule is C[N-]C.C[N-]C.C[N-]C.FC(F)(F)[Si]([c-]1cccc1)(C(F)(F)F)C(F)(F)F.[Hf+4]. The van der Waals surface area contributed by atoms with Crippen molar-refractivity contribution in [1.82, 2.24) is 0 Å². The molecular weight excluding hydrogens is 588 g/mol. The largest absolute Gasteiger partial charge is 4.00 e. The van der Waals surface area contributed by atoms with Crippen molar-refractivity contribution in [3.05, 3.63) is 40.2 Å². The molecule has 0 saturated carbocycles. The Morgan fingerprint density at radius 1 is 0.571 bits per heavy atom. The molecule has 0 amide bonds. The summed E-state index contributed by atoms with van der Waals surface area (Å²) in [5, 5.41) is 8.75. The van der Waals surface area contributed by atoms with Crippen LogP contribution in [-0.4, -0.2) is 67.8 Å². The van der Waals surface area contributed by atoms with E-state index in [1.165, 1.54) is 0 Å². The molecule has 0 unspecified atom stereocenters. The summed E-state index contributed by atoms with van der Waals surface area (Å²) in [5.74, 6) is -19.2. The number of halogens is 9. The minimum Gasteiger partial charge on any atom is -0.668 e. The molecule has 28 heavy (non-hydrogen) atoms. The molecule has 0 aliphatic carbocycles. The molecule has 0 atom stereocenters. The second kappa shape index (κ2) is 15.5. The molecular formula is C14H22F9HfN3Si. The van der Waals surface area contributed by atoms with Crippen LogP contribution in [0, 0.1) is 0 Å². The molecule has 0 fully saturated rings. The Bertz CT molecular complexity index is 419. The predicted octanol–water partition coefficient (Wildman–Crippen LogP) is 5.22. The average Bonchev–Trinajstić information content (AvgIpc) is 2.90. The molecule has 0 spiro atoms. The summed E-state index contributed by atoms with van der Waals surface area (Å²) >= 11 is 0. The summed E-state index contributed by atoms with van der Waals surface area (Å²) in [6.45, 7) is 0. The summed E-state index contributed by atoms with van der Waals surface area (Å²) in [6.07, 6.45) is 0. The Morgan fingerprint density at radius 2 is 0.750 bits per heavy atom. The van der Waals surface area contributed by atoms with Crippen LogP contribution in [0.15, 0.2) is 24.3 Å². The third kappa shape index (κ3) is 9.94. The van der Waals surface area contributed by atoms with Crippen molar-refractivity contribution >= 4 is 13.3 Å². The molecule has 0 bridgehead atoms. The first-order chi connectivity index (χ1) is 12.1. The van der Waals surface area contributed by atoms with Gasteiger partial charge in [-0.2, -0.15) is 93.9 Å². The molecule has 0 aromatic heterocycles. The van der Waals surface area contributed by atoms with E-state index >= 15 is 0 Å². The Labute approximate surface area is 178 Å². The van der Waals surface area contributed by atoms with Gasteiger partial charge in [0.1, 0.15) is 0 Å². The van der Waals surface area contributed by atoms with Crippen LogP contribution in [0.5, 0.6) is 0 Å². The van der Waals surface area contributed by atoms with Crippen LogP contribution in [0.4, 0.5) is 39.5 Å². The van der Waals surface area contributed by atoms with Crippen LogP contribution in [0.1, 0.15) is 0 Å². The molecule has 0 heterocycles. The maximum absolute atomic E-state index is 12.6. The molecule has 14 heteroatoms. The third-order valence-corrected chi connectivity index (χ3v) is 6.12. The maximum atomic E-state index is 12.6. The quantitative estimate of drug-likeness (QED) is 0.238. The molecule has 3 nitrogen and oxygen atoms in total. The molecule has 1 aromatic carbocycles. The van der Waals surface area contributed by atoms with Crippen molar-refractivity contribution in [2.45, 2.75) is 17.4 Å². The van der Waals surface area contributed by atoms with Gasteiger partial charge in [0.05, 0.1) is 0 Å². The summed E-state index contributed by atoms with van der Waals surface area (Å²) < 4.78 is 113. The Morgan fingerprint density at radius 3 is 0.893 bits per heavy atom. The molecule has 0 N–H and O–H groups in total. The van der Waals surface area contributed by atoms with Crippen molar-refractivity contribution in [2.24, 2.45) is 0 Å². The van der Waals surface area contributed by atoms with Gasteiger partial charge in [-0.05, 0) is 0 Å². The van der Waals surface area contributed by atoms with E-state index in [2.05, 4.69) is 16.0 Å². The first-order valence-corrected chi connectivity index (χ1v) is 8.96. The summed E-state index contributed by atoms with van der Waals surface area (Å²) in [7, 11) is 2.78. The van der Waals surface area contributed by atoms with Gasteiger partial charge in [-0.25, -0.2) is 12.1 Å². The fraction of sp³-hybridized carbons (Fsp3) is 0.643. The molecule has 1 rings (SSSR count). The van der Waals surface area contributed by atoms with E-state index in [1.807, 2.05) is 0 Å². The smallest absolute Gasteiger partial charge is 0.668 e. The zero-order valence-electron chi connectivity index (χ0n) is 16.1. The second-order valence-corrected chi connectivity index (χ2v) is 8.54. The first kappa shape index (κ1) is 35.1. The average molecular weight is 610 g/mol. The van der Waals surface area contributed by atoms with Gasteiger partial charge in [0, 0.05) is 0 Å². The fourth-order valence-electron chi connectivity index (χ4n) is 1.60. The molecule has 164 valence electrons. The van der Waals surface area contributed by atoms with Crippen LogP contribution in [0.2, 0.25) is 0 Å². The van der Waals surface area contributed by atoms with Crippen LogP contribution < -0.4 is 5.19 Å². The zero-order valence-corrected chi connectivity index (χ0v) is 20.6. The van der Waals surface area contributed by atoms with Crippen molar-refractivity contribution in [1.29, 1.82) is 0 Å². The summed E-state index contributed by atoms with van der Waals surface area (Å²) in [5.41, 5.74) is 0. The fourth-order valence-corrected chi connectivity index (χ4v) is 4.24. The normalized spacial score (nSPS) is 11.5. The minimum absolute atomic E-state index is 0. The Hall–Kier alpha value is -0.313. The number of hydrogen-bond acceptors (Lipinski definition) is 0. The number of hydrogen-bond donors (Lipinski definition) is 0. The van der Waals surface area contributed by atoms with Gasteiger partial charge < -0.3 is 16.0 Å². The van der Waals surface area contributed by atoms with Crippen LogP contribution in [-0.2, 0) is 25.8 Å². The van der Waals surface area contributed by atoms with E-state index in [4.69, 9.17) is 0 Å². The van der Waals surface area contributed by atoms with E-state index in [0.717, 1.165) is 0 Å². The van der Waals surface area contributed by atoms with Crippen LogP contribution >= 0.6 is 0 Å². The minimum atomic E-state index is -7.72. The van der Waals surface area contributed by atoms with Crippen LogP contribution in [0.3, 0.4) is 0 Å². The van der Waals surface area contributed by atoms with E-state index in [9.17, 15) is 39.5 Å². The van der Waals surface area contributed by atoms with E-state index in [0.29, 0.717) is 12.1 Å². The number of rotatable bonds is 1. The van der Waals surface area contributed by atoms with Gasteiger partial charge in [-0.3, -0.25) is 0 Å². The van der Waals surface area contributed by atoms with E-state index < -0.39 is 30.7 Å². The van der Waals surface area contributed by atoms with Gasteiger partial charge in [-0.15, -0.1) is 5.19 Å². The van der Waals surface area contributed by atoms with Crippen molar-refractivity contribution in [3.63, 3.8) is 0 Å². The Balaban J connectivity index is -0.000000245. The summed E-state index contributed by atoms with van der Waals surface area (Å²) in [4.78, 5) is 0. The van der Waals surface area contributed by atoms with E-state index in [-0.39, 0.29) is 38.0 Å². The standard InChI is InChI=1S/C8H4F9Si.3C2H6N.Hf/c9-6(10,11)18(7(12,13)14,8(15,16)17)5-3-1-2-4-5;3*1-3-2;/h1-4H;3*1-2H3;/q4*-1;+4. The van der Waals surface area contributed by atoms with Gasteiger partial charge in [0.2, 0.25) is 0 Å².